The summed E-state index contributed by atoms with van der Waals surface area (Å²) in [5.74, 6) is 0.892. The summed E-state index contributed by atoms with van der Waals surface area (Å²) in [5, 5.41) is 12.1. The van der Waals surface area contributed by atoms with Crippen molar-refractivity contribution in [2.24, 2.45) is 0 Å². The van der Waals surface area contributed by atoms with Crippen molar-refractivity contribution in [2.75, 3.05) is 13.2 Å². The molecule has 120 valence electrons. The van der Waals surface area contributed by atoms with Gasteiger partial charge in [-0.2, -0.15) is 0 Å². The largest absolute Gasteiger partial charge is 1.00 e. The van der Waals surface area contributed by atoms with Gasteiger partial charge in [0.1, 0.15) is 12.4 Å². The third kappa shape index (κ3) is 6.94. The summed E-state index contributed by atoms with van der Waals surface area (Å²) in [4.78, 5) is 0. The van der Waals surface area contributed by atoms with Crippen molar-refractivity contribution in [3.63, 3.8) is 0 Å². The zero-order chi connectivity index (χ0) is 14.8. The van der Waals surface area contributed by atoms with Crippen LogP contribution in [0.2, 0.25) is 0 Å². The number of nitrogens with one attached hydrogen (secondary N) is 1. The molecule has 0 aliphatic carbocycles. The topological polar surface area (TPSA) is 41.5 Å². The van der Waals surface area contributed by atoms with Crippen molar-refractivity contribution in [3.8, 4) is 5.75 Å². The highest BCUT2D eigenvalue weighted by molar-refractivity contribution is 5.27. The lowest BCUT2D eigenvalue weighted by Crippen LogP contribution is -3.00. The van der Waals surface area contributed by atoms with Gasteiger partial charge in [-0.3, -0.25) is 0 Å². The van der Waals surface area contributed by atoms with E-state index in [0.29, 0.717) is 6.61 Å². The van der Waals surface area contributed by atoms with E-state index in [1.807, 2.05) is 30.3 Å². The first-order chi connectivity index (χ1) is 10.4. The zero-order valence-electron chi connectivity index (χ0n) is 12.7. The van der Waals surface area contributed by atoms with E-state index in [0.717, 1.165) is 31.7 Å². The Morgan fingerprint density at radius 2 is 1.59 bits per heavy atom. The second kappa shape index (κ2) is 11.1. The van der Waals surface area contributed by atoms with Crippen LogP contribution in [0.1, 0.15) is 24.0 Å². The average molecular weight is 321 g/mol. The molecule has 0 unspecified atom stereocenters. The lowest BCUT2D eigenvalue weighted by Gasteiger charge is -2.08. The molecule has 0 heterocycles. The van der Waals surface area contributed by atoms with Gasteiger partial charge in [-0.15, -0.1) is 0 Å². The summed E-state index contributed by atoms with van der Waals surface area (Å²) in [5.41, 5.74) is 2.41. The Morgan fingerprint density at radius 3 is 2.27 bits per heavy atom. The molecule has 2 N–H and O–H groups in total. The van der Waals surface area contributed by atoms with Crippen molar-refractivity contribution in [1.29, 1.82) is 0 Å². The number of halogens is 1. The number of hydrogen-bond donors (Lipinski definition) is 2. The molecule has 0 fully saturated rings. The van der Waals surface area contributed by atoms with Crippen LogP contribution in [-0.4, -0.2) is 18.3 Å². The molecule has 0 saturated carbocycles. The number of aliphatic hydroxyl groups excluding tert-OH is 1. The van der Waals surface area contributed by atoms with Gasteiger partial charge in [-0.05, 0) is 42.6 Å². The van der Waals surface area contributed by atoms with Crippen LogP contribution < -0.4 is 22.5 Å². The predicted octanol–water partition coefficient (Wildman–Crippen LogP) is 0.132. The third-order valence-electron chi connectivity index (χ3n) is 3.26. The van der Waals surface area contributed by atoms with E-state index in [1.54, 1.807) is 0 Å². The minimum atomic E-state index is 0. The number of unbranched alkanes of at least 4 members (excludes halogenated alkanes) is 1. The number of aliphatic hydroxyl groups is 1. The van der Waals surface area contributed by atoms with Gasteiger partial charge in [-0.25, -0.2) is 0 Å². The average Bonchev–Trinajstić information content (AvgIpc) is 2.55. The second-order valence-corrected chi connectivity index (χ2v) is 5.03. The highest BCUT2D eigenvalue weighted by atomic mass is 35.5. The fraction of sp³-hybridized carbons (Fsp3) is 0.333. The standard InChI is InChI=1S/C18H23NO2.ClH/c20-13-5-4-12-19-14-16-8-10-18(11-9-16)21-15-17-6-2-1-3-7-17;/h1-3,6-11,19-20H,4-5,12-15H2;1H/p-1. The predicted molar refractivity (Wildman–Crippen MR) is 85.2 cm³/mol. The Labute approximate surface area is 138 Å². The minimum absolute atomic E-state index is 0. The molecule has 2 aromatic carbocycles. The highest BCUT2D eigenvalue weighted by Crippen LogP contribution is 2.14. The maximum atomic E-state index is 8.70. The molecule has 0 aliphatic heterocycles. The Balaban J connectivity index is 0.00000242. The van der Waals surface area contributed by atoms with Crippen LogP contribution in [0.3, 0.4) is 0 Å². The molecule has 4 heteroatoms. The molecule has 0 aromatic heterocycles. The summed E-state index contributed by atoms with van der Waals surface area (Å²) in [6, 6.07) is 18.3. The smallest absolute Gasteiger partial charge is 0.119 e. The van der Waals surface area contributed by atoms with E-state index in [-0.39, 0.29) is 19.0 Å². The molecular weight excluding hydrogens is 298 g/mol. The van der Waals surface area contributed by atoms with Crippen LogP contribution in [0, 0.1) is 0 Å². The van der Waals surface area contributed by atoms with E-state index in [9.17, 15) is 0 Å². The van der Waals surface area contributed by atoms with Gasteiger partial charge in [0.15, 0.2) is 0 Å². The van der Waals surface area contributed by atoms with Gasteiger partial charge >= 0.3 is 0 Å². The number of hydrogen-bond acceptors (Lipinski definition) is 3. The Morgan fingerprint density at radius 1 is 0.864 bits per heavy atom. The quantitative estimate of drug-likeness (QED) is 0.646. The van der Waals surface area contributed by atoms with E-state index in [2.05, 4.69) is 29.6 Å². The SMILES string of the molecule is OCCCCNCc1ccc(OCc2ccccc2)cc1.[Cl-]. The van der Waals surface area contributed by atoms with E-state index in [1.165, 1.54) is 11.1 Å². The number of rotatable bonds is 9. The molecule has 0 aliphatic rings. The molecule has 0 bridgehead atoms. The minimum Gasteiger partial charge on any atom is -1.00 e. The van der Waals surface area contributed by atoms with Gasteiger partial charge in [0, 0.05) is 13.2 Å². The molecule has 0 amide bonds. The third-order valence-corrected chi connectivity index (χ3v) is 3.26. The van der Waals surface area contributed by atoms with Gasteiger partial charge in [0.25, 0.3) is 0 Å². The number of benzene rings is 2. The Bertz CT molecular complexity index is 502. The van der Waals surface area contributed by atoms with Gasteiger partial charge in [-0.1, -0.05) is 42.5 Å². The van der Waals surface area contributed by atoms with E-state index in [4.69, 9.17) is 9.84 Å². The fourth-order valence-corrected chi connectivity index (χ4v) is 2.04. The molecule has 0 saturated heterocycles. The molecule has 22 heavy (non-hydrogen) atoms. The summed E-state index contributed by atoms with van der Waals surface area (Å²) >= 11 is 0. The zero-order valence-corrected chi connectivity index (χ0v) is 13.4. The monoisotopic (exact) mass is 320 g/mol. The highest BCUT2D eigenvalue weighted by Gasteiger charge is 1.97. The molecule has 3 nitrogen and oxygen atoms in total. The summed E-state index contributed by atoms with van der Waals surface area (Å²) in [6.07, 6.45) is 1.87. The number of ether oxygens (including phenoxy) is 1. The fourth-order valence-electron chi connectivity index (χ4n) is 2.04. The normalized spacial score (nSPS) is 10.0. The van der Waals surface area contributed by atoms with Gasteiger partial charge < -0.3 is 27.6 Å². The molecule has 2 aromatic rings. The van der Waals surface area contributed by atoms with Crippen LogP contribution in [0.15, 0.2) is 54.6 Å². The van der Waals surface area contributed by atoms with Gasteiger partial charge in [0.2, 0.25) is 0 Å². The first kappa shape index (κ1) is 18.5. The van der Waals surface area contributed by atoms with Gasteiger partial charge in [0.05, 0.1) is 0 Å². The van der Waals surface area contributed by atoms with E-state index < -0.39 is 0 Å². The first-order valence-corrected chi connectivity index (χ1v) is 7.46. The molecule has 2 rings (SSSR count). The summed E-state index contributed by atoms with van der Waals surface area (Å²) in [7, 11) is 0. The first-order valence-electron chi connectivity index (χ1n) is 7.46. The lowest BCUT2D eigenvalue weighted by atomic mass is 10.2. The molecule has 0 spiro atoms. The Hall–Kier alpha value is -1.55. The van der Waals surface area contributed by atoms with Crippen molar-refractivity contribution < 1.29 is 22.3 Å². The Kier molecular flexibility index (Phi) is 9.31. The van der Waals surface area contributed by atoms with Crippen LogP contribution >= 0.6 is 0 Å². The van der Waals surface area contributed by atoms with Crippen LogP contribution in [0.4, 0.5) is 0 Å². The van der Waals surface area contributed by atoms with Crippen LogP contribution in [-0.2, 0) is 13.2 Å². The molecule has 0 radical (unpaired) electrons. The molecular formula is C18H23ClNO2-. The summed E-state index contributed by atoms with van der Waals surface area (Å²) < 4.78 is 5.76. The van der Waals surface area contributed by atoms with Crippen molar-refractivity contribution in [1.82, 2.24) is 5.32 Å². The van der Waals surface area contributed by atoms with Crippen LogP contribution in [0.5, 0.6) is 5.75 Å². The van der Waals surface area contributed by atoms with Crippen molar-refractivity contribution >= 4 is 0 Å². The summed E-state index contributed by atoms with van der Waals surface area (Å²) in [6.45, 7) is 2.66. The lowest BCUT2D eigenvalue weighted by molar-refractivity contribution is -0.00000579. The van der Waals surface area contributed by atoms with Crippen molar-refractivity contribution in [3.05, 3.63) is 65.7 Å². The van der Waals surface area contributed by atoms with Crippen molar-refractivity contribution in [2.45, 2.75) is 26.0 Å². The maximum absolute atomic E-state index is 8.70. The second-order valence-electron chi connectivity index (χ2n) is 5.03. The van der Waals surface area contributed by atoms with Crippen LogP contribution in [0.25, 0.3) is 0 Å². The molecule has 0 atom stereocenters. The maximum Gasteiger partial charge on any atom is 0.119 e. The van der Waals surface area contributed by atoms with E-state index >= 15 is 0 Å².